The van der Waals surface area contributed by atoms with Gasteiger partial charge in [0, 0.05) is 0 Å². The summed E-state index contributed by atoms with van der Waals surface area (Å²) in [4.78, 5) is 11.8. The number of carbonyl (C=O) groups is 1. The highest BCUT2D eigenvalue weighted by molar-refractivity contribution is 5.77. The van der Waals surface area contributed by atoms with Crippen LogP contribution < -0.4 is 10.1 Å². The van der Waals surface area contributed by atoms with Crippen LogP contribution in [0.5, 0.6) is 5.75 Å². The van der Waals surface area contributed by atoms with E-state index in [-0.39, 0.29) is 18.6 Å². The summed E-state index contributed by atoms with van der Waals surface area (Å²) in [7, 11) is 1.62. The van der Waals surface area contributed by atoms with Crippen LogP contribution in [0, 0.1) is 6.92 Å². The second-order valence-electron chi connectivity index (χ2n) is 5.08. The van der Waals surface area contributed by atoms with Crippen LogP contribution in [0.4, 0.5) is 0 Å². The second-order valence-corrected chi connectivity index (χ2v) is 5.08. The first-order valence-electron chi connectivity index (χ1n) is 7.15. The van der Waals surface area contributed by atoms with Gasteiger partial charge in [-0.1, -0.05) is 12.1 Å². The monoisotopic (exact) mass is 303 g/mol. The zero-order chi connectivity index (χ0) is 15.9. The molecule has 0 fully saturated rings. The number of rotatable bonds is 7. The Morgan fingerprint density at radius 3 is 2.82 bits per heavy atom. The van der Waals surface area contributed by atoms with Gasteiger partial charge in [0.25, 0.3) is 0 Å². The Balaban J connectivity index is 1.75. The Bertz CT molecular complexity index is 621. The first kappa shape index (κ1) is 16.1. The zero-order valence-corrected chi connectivity index (χ0v) is 13.1. The Morgan fingerprint density at radius 1 is 1.32 bits per heavy atom. The smallest absolute Gasteiger partial charge is 0.246 e. The maximum Gasteiger partial charge on any atom is 0.246 e. The Morgan fingerprint density at radius 2 is 2.14 bits per heavy atom. The van der Waals surface area contributed by atoms with Gasteiger partial charge >= 0.3 is 0 Å². The largest absolute Gasteiger partial charge is 0.497 e. The van der Waals surface area contributed by atoms with Crippen molar-refractivity contribution in [3.8, 4) is 5.75 Å². The van der Waals surface area contributed by atoms with E-state index < -0.39 is 0 Å². The fraction of sp³-hybridized carbons (Fsp3) is 0.353. The van der Waals surface area contributed by atoms with E-state index in [4.69, 9.17) is 13.9 Å². The molecule has 0 aliphatic heterocycles. The van der Waals surface area contributed by atoms with Gasteiger partial charge in [-0.05, 0) is 43.7 Å². The van der Waals surface area contributed by atoms with Crippen molar-refractivity contribution in [2.45, 2.75) is 26.5 Å². The number of nitrogens with one attached hydrogen (secondary N) is 1. The molecule has 0 spiro atoms. The molecular formula is C17H21NO4. The number of methoxy groups -OCH3 is 1. The number of carbonyl (C=O) groups excluding carboxylic acids is 1. The lowest BCUT2D eigenvalue weighted by Gasteiger charge is -2.12. The number of benzene rings is 1. The predicted octanol–water partition coefficient (Wildman–Crippen LogP) is 2.99. The molecule has 1 atom stereocenters. The molecule has 0 aliphatic carbocycles. The Kier molecular flexibility index (Phi) is 5.61. The van der Waals surface area contributed by atoms with Crippen molar-refractivity contribution in [1.82, 2.24) is 5.32 Å². The molecule has 2 rings (SSSR count). The average Bonchev–Trinajstić information content (AvgIpc) is 2.94. The van der Waals surface area contributed by atoms with Crippen molar-refractivity contribution < 1.29 is 18.7 Å². The molecule has 0 saturated heterocycles. The normalized spacial score (nSPS) is 12.0. The summed E-state index contributed by atoms with van der Waals surface area (Å²) in [6, 6.07) is 11.1. The summed E-state index contributed by atoms with van der Waals surface area (Å²) in [6.07, 6.45) is 0. The van der Waals surface area contributed by atoms with Crippen molar-refractivity contribution >= 4 is 5.91 Å². The van der Waals surface area contributed by atoms with E-state index in [0.29, 0.717) is 6.61 Å². The van der Waals surface area contributed by atoms with Gasteiger partial charge in [0.05, 0.1) is 19.8 Å². The summed E-state index contributed by atoms with van der Waals surface area (Å²) < 4.78 is 16.0. The van der Waals surface area contributed by atoms with Crippen LogP contribution in [0.1, 0.15) is 30.0 Å². The molecule has 0 unspecified atom stereocenters. The molecule has 0 radical (unpaired) electrons. The molecule has 118 valence electrons. The van der Waals surface area contributed by atoms with E-state index in [9.17, 15) is 4.79 Å². The van der Waals surface area contributed by atoms with Crippen LogP contribution >= 0.6 is 0 Å². The van der Waals surface area contributed by atoms with Gasteiger partial charge in [-0.3, -0.25) is 4.79 Å². The summed E-state index contributed by atoms with van der Waals surface area (Å²) in [5.41, 5.74) is 0.960. The minimum Gasteiger partial charge on any atom is -0.497 e. The molecule has 0 bridgehead atoms. The minimum atomic E-state index is -0.179. The quantitative estimate of drug-likeness (QED) is 0.854. The van der Waals surface area contributed by atoms with Gasteiger partial charge in [-0.2, -0.15) is 0 Å². The highest BCUT2D eigenvalue weighted by Crippen LogP contribution is 2.15. The summed E-state index contributed by atoms with van der Waals surface area (Å²) >= 11 is 0. The van der Waals surface area contributed by atoms with Gasteiger partial charge in [0.15, 0.2) is 0 Å². The van der Waals surface area contributed by atoms with Crippen LogP contribution in [0.3, 0.4) is 0 Å². The van der Waals surface area contributed by atoms with Crippen LogP contribution in [-0.2, 0) is 16.1 Å². The molecule has 5 heteroatoms. The average molecular weight is 303 g/mol. The molecule has 22 heavy (non-hydrogen) atoms. The molecule has 2 aromatic rings. The molecule has 1 aromatic carbocycles. The first-order valence-corrected chi connectivity index (χ1v) is 7.15. The Labute approximate surface area is 130 Å². The van der Waals surface area contributed by atoms with Gasteiger partial charge in [0.2, 0.25) is 5.91 Å². The van der Waals surface area contributed by atoms with Gasteiger partial charge < -0.3 is 19.2 Å². The van der Waals surface area contributed by atoms with E-state index in [1.54, 1.807) is 7.11 Å². The molecule has 0 saturated carbocycles. The summed E-state index contributed by atoms with van der Waals surface area (Å²) in [5.74, 6) is 2.15. The second kappa shape index (κ2) is 7.66. The van der Waals surface area contributed by atoms with Gasteiger partial charge in [0.1, 0.15) is 23.9 Å². The van der Waals surface area contributed by atoms with Gasteiger partial charge in [-0.25, -0.2) is 0 Å². The molecule has 1 heterocycles. The van der Waals surface area contributed by atoms with Crippen LogP contribution in [-0.4, -0.2) is 19.6 Å². The fourth-order valence-electron chi connectivity index (χ4n) is 2.06. The fourth-order valence-corrected chi connectivity index (χ4v) is 2.06. The van der Waals surface area contributed by atoms with Gasteiger partial charge in [-0.15, -0.1) is 0 Å². The van der Waals surface area contributed by atoms with E-state index >= 15 is 0 Å². The Hall–Kier alpha value is -2.27. The zero-order valence-electron chi connectivity index (χ0n) is 13.1. The van der Waals surface area contributed by atoms with Crippen molar-refractivity contribution in [1.29, 1.82) is 0 Å². The van der Waals surface area contributed by atoms with E-state index in [0.717, 1.165) is 22.8 Å². The van der Waals surface area contributed by atoms with Crippen molar-refractivity contribution in [2.75, 3.05) is 13.7 Å². The summed E-state index contributed by atoms with van der Waals surface area (Å²) in [6.45, 7) is 4.10. The standard InChI is InChI=1S/C17H21NO4/c1-12-7-8-16(22-12)13(2)18-17(19)11-21-10-14-5-4-6-15(9-14)20-3/h4-9,13H,10-11H2,1-3H3,(H,18,19)/t13-/m0/s1. The minimum absolute atomic E-state index is 0.00123. The number of aryl methyl sites for hydroxylation is 1. The van der Waals surface area contributed by atoms with Crippen LogP contribution in [0.2, 0.25) is 0 Å². The highest BCUT2D eigenvalue weighted by atomic mass is 16.5. The molecule has 0 aliphatic rings. The third kappa shape index (κ3) is 4.63. The molecule has 5 nitrogen and oxygen atoms in total. The number of hydrogen-bond acceptors (Lipinski definition) is 4. The number of amides is 1. The van der Waals surface area contributed by atoms with Crippen molar-refractivity contribution in [3.63, 3.8) is 0 Å². The van der Waals surface area contributed by atoms with Crippen molar-refractivity contribution in [3.05, 3.63) is 53.5 Å². The number of ether oxygens (including phenoxy) is 2. The third-order valence-electron chi connectivity index (χ3n) is 3.20. The highest BCUT2D eigenvalue weighted by Gasteiger charge is 2.12. The lowest BCUT2D eigenvalue weighted by atomic mass is 10.2. The molecular weight excluding hydrogens is 282 g/mol. The van der Waals surface area contributed by atoms with E-state index in [1.165, 1.54) is 0 Å². The third-order valence-corrected chi connectivity index (χ3v) is 3.20. The molecule has 1 aromatic heterocycles. The molecule has 1 amide bonds. The van der Waals surface area contributed by atoms with E-state index in [2.05, 4.69) is 5.32 Å². The van der Waals surface area contributed by atoms with Crippen molar-refractivity contribution in [2.24, 2.45) is 0 Å². The van der Waals surface area contributed by atoms with Crippen LogP contribution in [0.15, 0.2) is 40.8 Å². The van der Waals surface area contributed by atoms with E-state index in [1.807, 2.05) is 50.2 Å². The SMILES string of the molecule is COc1cccc(COCC(=O)N[C@@H](C)c2ccc(C)o2)c1. The van der Waals surface area contributed by atoms with Crippen LogP contribution in [0.25, 0.3) is 0 Å². The lowest BCUT2D eigenvalue weighted by molar-refractivity contribution is -0.126. The lowest BCUT2D eigenvalue weighted by Crippen LogP contribution is -2.29. The maximum absolute atomic E-state index is 11.8. The maximum atomic E-state index is 11.8. The predicted molar refractivity (Wildman–Crippen MR) is 82.7 cm³/mol. The summed E-state index contributed by atoms with van der Waals surface area (Å²) in [5, 5.41) is 2.84. The topological polar surface area (TPSA) is 60.7 Å². The number of hydrogen-bond donors (Lipinski definition) is 1. The first-order chi connectivity index (χ1) is 10.6. The number of furan rings is 1. The molecule has 1 N–H and O–H groups in total.